The molecular formula is C13H16ClNO4. The van der Waals surface area contributed by atoms with Gasteiger partial charge in [0, 0.05) is 18.7 Å². The maximum absolute atomic E-state index is 12.1. The molecule has 1 saturated heterocycles. The number of phenols is 1. The summed E-state index contributed by atoms with van der Waals surface area (Å²) in [6.45, 7) is 1.01. The van der Waals surface area contributed by atoms with Crippen LogP contribution in [0.3, 0.4) is 0 Å². The normalized spacial score (nSPS) is 23.1. The topological polar surface area (TPSA) is 67.8 Å². The van der Waals surface area contributed by atoms with Crippen molar-refractivity contribution < 1.29 is 19.4 Å². The van der Waals surface area contributed by atoms with E-state index >= 15 is 0 Å². The smallest absolute Gasteiger partial charge is 0.255 e. The molecule has 0 saturated carbocycles. The highest BCUT2D eigenvalue weighted by Gasteiger charge is 2.28. The van der Waals surface area contributed by atoms with Gasteiger partial charge in [0.15, 0.2) is 0 Å². The number of ether oxygens (including phenoxy) is 2. The molecule has 1 fully saturated rings. The molecule has 1 amide bonds. The first-order chi connectivity index (χ1) is 9.11. The molecule has 0 radical (unpaired) electrons. The maximum Gasteiger partial charge on any atom is 0.255 e. The van der Waals surface area contributed by atoms with E-state index in [1.165, 1.54) is 18.2 Å². The molecule has 2 N–H and O–H groups in total. The Kier molecular flexibility index (Phi) is 4.63. The third-order valence-electron chi connectivity index (χ3n) is 3.12. The number of carbonyl (C=O) groups is 1. The number of rotatable bonds is 3. The lowest BCUT2D eigenvalue weighted by molar-refractivity contribution is -0.0349. The fourth-order valence-electron chi connectivity index (χ4n) is 2.07. The molecule has 0 aliphatic carbocycles. The lowest BCUT2D eigenvalue weighted by Crippen LogP contribution is -2.50. The molecule has 2 atom stereocenters. The zero-order valence-electron chi connectivity index (χ0n) is 10.6. The zero-order valence-corrected chi connectivity index (χ0v) is 11.3. The predicted octanol–water partition coefficient (Wildman–Crippen LogP) is 1.58. The number of aromatic hydroxyl groups is 1. The van der Waals surface area contributed by atoms with Crippen LogP contribution < -0.4 is 5.32 Å². The van der Waals surface area contributed by atoms with Crippen molar-refractivity contribution in [3.8, 4) is 5.75 Å². The summed E-state index contributed by atoms with van der Waals surface area (Å²) in [6.07, 6.45) is 0.641. The lowest BCUT2D eigenvalue weighted by Gasteiger charge is -2.31. The lowest BCUT2D eigenvalue weighted by atomic mass is 10.1. The third-order valence-corrected chi connectivity index (χ3v) is 3.35. The maximum atomic E-state index is 12.1. The van der Waals surface area contributed by atoms with Crippen molar-refractivity contribution in [2.24, 2.45) is 0 Å². The molecule has 1 aliphatic rings. The van der Waals surface area contributed by atoms with Crippen molar-refractivity contribution in [3.63, 3.8) is 0 Å². The van der Waals surface area contributed by atoms with Gasteiger partial charge in [-0.05, 0) is 24.6 Å². The van der Waals surface area contributed by atoms with Gasteiger partial charge in [-0.1, -0.05) is 11.6 Å². The van der Waals surface area contributed by atoms with Gasteiger partial charge in [0.25, 0.3) is 5.91 Å². The van der Waals surface area contributed by atoms with Gasteiger partial charge >= 0.3 is 0 Å². The van der Waals surface area contributed by atoms with Gasteiger partial charge in [0.05, 0.1) is 24.3 Å². The molecule has 1 aromatic carbocycles. The number of phenolic OH excluding ortho intramolecular Hbond substituents is 1. The monoisotopic (exact) mass is 285 g/mol. The molecule has 19 heavy (non-hydrogen) atoms. The second-order valence-electron chi connectivity index (χ2n) is 4.38. The largest absolute Gasteiger partial charge is 0.507 e. The van der Waals surface area contributed by atoms with E-state index in [4.69, 9.17) is 21.1 Å². The molecule has 0 unspecified atom stereocenters. The second kappa shape index (κ2) is 6.23. The van der Waals surface area contributed by atoms with Crippen LogP contribution in [0.2, 0.25) is 5.02 Å². The summed E-state index contributed by atoms with van der Waals surface area (Å²) in [7, 11) is 1.60. The third kappa shape index (κ3) is 3.37. The number of nitrogens with one attached hydrogen (secondary N) is 1. The minimum Gasteiger partial charge on any atom is -0.507 e. The fourth-order valence-corrected chi connectivity index (χ4v) is 2.24. The van der Waals surface area contributed by atoms with E-state index in [0.717, 1.165) is 6.42 Å². The van der Waals surface area contributed by atoms with E-state index in [9.17, 15) is 9.90 Å². The van der Waals surface area contributed by atoms with Gasteiger partial charge in [0.1, 0.15) is 5.75 Å². The summed E-state index contributed by atoms with van der Waals surface area (Å²) >= 11 is 5.82. The Balaban J connectivity index is 2.09. The Labute approximate surface area is 116 Å². The van der Waals surface area contributed by atoms with Gasteiger partial charge in [-0.2, -0.15) is 0 Å². The first kappa shape index (κ1) is 14.1. The van der Waals surface area contributed by atoms with Crippen LogP contribution in [0.15, 0.2) is 18.2 Å². The zero-order chi connectivity index (χ0) is 13.8. The number of hydrogen-bond donors (Lipinski definition) is 2. The Morgan fingerprint density at radius 3 is 3.11 bits per heavy atom. The van der Waals surface area contributed by atoms with Crippen LogP contribution in [0.25, 0.3) is 0 Å². The minimum absolute atomic E-state index is 0.0842. The van der Waals surface area contributed by atoms with Crippen molar-refractivity contribution in [2.75, 3.05) is 20.3 Å². The summed E-state index contributed by atoms with van der Waals surface area (Å²) < 4.78 is 10.6. The standard InChI is InChI=1S/C13H16ClNO4/c1-18-12-4-5-19-7-10(12)15-13(17)9-6-8(14)2-3-11(9)16/h2-3,6,10,12,16H,4-5,7H2,1H3,(H,15,17)/t10-,12-/m1/s1. The van der Waals surface area contributed by atoms with Crippen LogP contribution >= 0.6 is 11.6 Å². The van der Waals surface area contributed by atoms with E-state index in [1.807, 2.05) is 0 Å². The van der Waals surface area contributed by atoms with Crippen LogP contribution in [0.4, 0.5) is 0 Å². The van der Waals surface area contributed by atoms with Crippen molar-refractivity contribution in [2.45, 2.75) is 18.6 Å². The van der Waals surface area contributed by atoms with Gasteiger partial charge < -0.3 is 19.9 Å². The highest BCUT2D eigenvalue weighted by molar-refractivity contribution is 6.31. The van der Waals surface area contributed by atoms with Crippen LogP contribution in [0, 0.1) is 0 Å². The molecule has 0 spiro atoms. The van der Waals surface area contributed by atoms with Crippen LogP contribution in [-0.4, -0.2) is 43.5 Å². The summed E-state index contributed by atoms with van der Waals surface area (Å²) in [6, 6.07) is 4.11. The number of halogens is 1. The van der Waals surface area contributed by atoms with Gasteiger partial charge in [-0.25, -0.2) is 0 Å². The molecular weight excluding hydrogens is 270 g/mol. The molecule has 1 aromatic rings. The van der Waals surface area contributed by atoms with Crippen molar-refractivity contribution in [1.29, 1.82) is 0 Å². The SMILES string of the molecule is CO[C@@H]1CCOC[C@H]1NC(=O)c1cc(Cl)ccc1O. The Hall–Kier alpha value is -1.30. The van der Waals surface area contributed by atoms with E-state index in [0.29, 0.717) is 18.2 Å². The molecule has 104 valence electrons. The number of hydrogen-bond acceptors (Lipinski definition) is 4. The molecule has 0 bridgehead atoms. The molecule has 0 aromatic heterocycles. The van der Waals surface area contributed by atoms with Crippen molar-refractivity contribution >= 4 is 17.5 Å². The fraction of sp³-hybridized carbons (Fsp3) is 0.462. The van der Waals surface area contributed by atoms with Crippen LogP contribution in [0.5, 0.6) is 5.75 Å². The summed E-state index contributed by atoms with van der Waals surface area (Å²) in [4.78, 5) is 12.1. The summed E-state index contributed by atoms with van der Waals surface area (Å²) in [5.74, 6) is -0.495. The summed E-state index contributed by atoms with van der Waals surface area (Å²) in [5.41, 5.74) is 0.146. The number of methoxy groups -OCH3 is 1. The summed E-state index contributed by atoms with van der Waals surface area (Å²) in [5, 5.41) is 12.9. The number of benzene rings is 1. The first-order valence-electron chi connectivity index (χ1n) is 6.01. The molecule has 1 aliphatic heterocycles. The predicted molar refractivity (Wildman–Crippen MR) is 70.6 cm³/mol. The average Bonchev–Trinajstić information content (AvgIpc) is 2.42. The average molecular weight is 286 g/mol. The van der Waals surface area contributed by atoms with E-state index in [1.54, 1.807) is 7.11 Å². The van der Waals surface area contributed by atoms with Crippen LogP contribution in [0.1, 0.15) is 16.8 Å². The van der Waals surface area contributed by atoms with E-state index in [2.05, 4.69) is 5.32 Å². The number of carbonyl (C=O) groups excluding carboxylic acids is 1. The highest BCUT2D eigenvalue weighted by Crippen LogP contribution is 2.22. The number of amides is 1. The van der Waals surface area contributed by atoms with E-state index in [-0.39, 0.29) is 23.5 Å². The highest BCUT2D eigenvalue weighted by atomic mass is 35.5. The molecule has 2 rings (SSSR count). The molecule has 5 nitrogen and oxygen atoms in total. The Morgan fingerprint density at radius 2 is 2.37 bits per heavy atom. The molecule has 1 heterocycles. The Bertz CT molecular complexity index is 466. The minimum atomic E-state index is -0.391. The Morgan fingerprint density at radius 1 is 1.58 bits per heavy atom. The first-order valence-corrected chi connectivity index (χ1v) is 6.39. The second-order valence-corrected chi connectivity index (χ2v) is 4.82. The van der Waals surface area contributed by atoms with E-state index < -0.39 is 5.91 Å². The van der Waals surface area contributed by atoms with Gasteiger partial charge in [-0.3, -0.25) is 4.79 Å². The molecule has 6 heteroatoms. The van der Waals surface area contributed by atoms with Crippen molar-refractivity contribution in [3.05, 3.63) is 28.8 Å². The van der Waals surface area contributed by atoms with Crippen LogP contribution in [-0.2, 0) is 9.47 Å². The van der Waals surface area contributed by atoms with Gasteiger partial charge in [-0.15, -0.1) is 0 Å². The van der Waals surface area contributed by atoms with Gasteiger partial charge in [0.2, 0.25) is 0 Å². The quantitative estimate of drug-likeness (QED) is 0.885. The van der Waals surface area contributed by atoms with Crippen molar-refractivity contribution in [1.82, 2.24) is 5.32 Å².